The monoisotopic (exact) mass is 273 g/mol. The van der Waals surface area contributed by atoms with Crippen LogP contribution in [0.25, 0.3) is 0 Å². The molecule has 2 heterocycles. The van der Waals surface area contributed by atoms with Crippen molar-refractivity contribution in [3.05, 3.63) is 52.0 Å². The Bertz CT molecular complexity index is 529. The van der Waals surface area contributed by atoms with Crippen molar-refractivity contribution < 1.29 is 4.74 Å². The third kappa shape index (κ3) is 2.33. The maximum Gasteiger partial charge on any atom is 0.103 e. The Morgan fingerprint density at radius 2 is 1.95 bits per heavy atom. The average molecular weight is 273 g/mol. The molecule has 2 nitrogen and oxygen atoms in total. The fourth-order valence-electron chi connectivity index (χ4n) is 2.80. The topological polar surface area (TPSA) is 22.1 Å². The first-order chi connectivity index (χ1) is 9.35. The van der Waals surface area contributed by atoms with E-state index in [1.54, 1.807) is 0 Å². The first-order valence-electron chi connectivity index (χ1n) is 6.93. The molecule has 2 aromatic rings. The lowest BCUT2D eigenvalue weighted by molar-refractivity contribution is 0.0630. The molecule has 0 unspecified atom stereocenters. The van der Waals surface area contributed by atoms with Crippen molar-refractivity contribution >= 4 is 11.3 Å². The summed E-state index contributed by atoms with van der Waals surface area (Å²) in [6.07, 6.45) is 5.18. The molecule has 19 heavy (non-hydrogen) atoms. The largest absolute Gasteiger partial charge is 0.381 e. The summed E-state index contributed by atoms with van der Waals surface area (Å²) in [6, 6.07) is 10.8. The molecule has 0 saturated carbocycles. The molecule has 1 aromatic carbocycles. The number of nitrogens with zero attached hydrogens (tertiary/aromatic N) is 1. The number of thiazole rings is 1. The van der Waals surface area contributed by atoms with Crippen LogP contribution >= 0.6 is 11.3 Å². The van der Waals surface area contributed by atoms with Gasteiger partial charge in [-0.2, -0.15) is 0 Å². The number of hydrogen-bond donors (Lipinski definition) is 0. The molecule has 0 atom stereocenters. The molecule has 1 saturated heterocycles. The van der Waals surface area contributed by atoms with Crippen LogP contribution in [-0.2, 0) is 16.6 Å². The highest BCUT2D eigenvalue weighted by Gasteiger charge is 2.38. The third-order valence-electron chi connectivity index (χ3n) is 3.98. The third-order valence-corrected chi connectivity index (χ3v) is 5.33. The molecule has 0 radical (unpaired) electrons. The molecule has 0 aliphatic carbocycles. The van der Waals surface area contributed by atoms with E-state index in [1.165, 1.54) is 15.4 Å². The quantitative estimate of drug-likeness (QED) is 0.848. The molecule has 3 heteroatoms. The average Bonchev–Trinajstić information content (AvgIpc) is 2.98. The minimum Gasteiger partial charge on any atom is -0.381 e. The summed E-state index contributed by atoms with van der Waals surface area (Å²) in [4.78, 5) is 6.09. The van der Waals surface area contributed by atoms with Crippen LogP contribution in [0.4, 0.5) is 0 Å². The predicted molar refractivity (Wildman–Crippen MR) is 78.8 cm³/mol. The molecule has 1 aliphatic rings. The molecule has 1 aliphatic heterocycles. The number of aryl methyl sites for hydroxylation is 1. The number of aromatic nitrogens is 1. The fraction of sp³-hybridized carbons (Fsp3) is 0.438. The molecular weight excluding hydrogens is 254 g/mol. The van der Waals surface area contributed by atoms with E-state index in [1.807, 2.05) is 17.5 Å². The SMILES string of the molecule is CCc1cnc(C2(c3ccccc3)CCOCC2)s1. The van der Waals surface area contributed by atoms with Crippen molar-refractivity contribution in [2.45, 2.75) is 31.6 Å². The van der Waals surface area contributed by atoms with Gasteiger partial charge >= 0.3 is 0 Å². The Labute approximate surface area is 118 Å². The van der Waals surface area contributed by atoms with E-state index in [-0.39, 0.29) is 5.41 Å². The molecule has 0 bridgehead atoms. The zero-order valence-electron chi connectivity index (χ0n) is 11.3. The van der Waals surface area contributed by atoms with E-state index < -0.39 is 0 Å². The smallest absolute Gasteiger partial charge is 0.103 e. The zero-order chi connectivity index (χ0) is 13.1. The maximum atomic E-state index is 5.58. The van der Waals surface area contributed by atoms with Crippen LogP contribution < -0.4 is 0 Å². The number of hydrogen-bond acceptors (Lipinski definition) is 3. The number of benzene rings is 1. The van der Waals surface area contributed by atoms with Crippen molar-refractivity contribution in [1.29, 1.82) is 0 Å². The van der Waals surface area contributed by atoms with Crippen molar-refractivity contribution in [2.24, 2.45) is 0 Å². The van der Waals surface area contributed by atoms with Crippen LogP contribution in [0.3, 0.4) is 0 Å². The summed E-state index contributed by atoms with van der Waals surface area (Å²) in [5, 5.41) is 1.26. The lowest BCUT2D eigenvalue weighted by Crippen LogP contribution is -2.34. The van der Waals surface area contributed by atoms with Gasteiger partial charge in [0.05, 0.1) is 5.41 Å². The van der Waals surface area contributed by atoms with Crippen LogP contribution in [0.5, 0.6) is 0 Å². The van der Waals surface area contributed by atoms with Gasteiger partial charge < -0.3 is 4.74 Å². The normalized spacial score (nSPS) is 18.4. The fourth-order valence-corrected chi connectivity index (χ4v) is 3.92. The Hall–Kier alpha value is -1.19. The lowest BCUT2D eigenvalue weighted by atomic mass is 9.75. The van der Waals surface area contributed by atoms with Crippen molar-refractivity contribution in [3.8, 4) is 0 Å². The van der Waals surface area contributed by atoms with Gasteiger partial charge in [-0.05, 0) is 24.8 Å². The first kappa shape index (κ1) is 12.8. The van der Waals surface area contributed by atoms with E-state index in [2.05, 4.69) is 37.3 Å². The van der Waals surface area contributed by atoms with Crippen LogP contribution in [-0.4, -0.2) is 18.2 Å². The summed E-state index contributed by atoms with van der Waals surface area (Å²) in [5.41, 5.74) is 1.45. The molecule has 1 aromatic heterocycles. The minimum absolute atomic E-state index is 0.0671. The van der Waals surface area contributed by atoms with Crippen LogP contribution in [0, 0.1) is 0 Å². The second-order valence-electron chi connectivity index (χ2n) is 5.05. The molecule has 100 valence electrons. The van der Waals surface area contributed by atoms with Gasteiger partial charge in [-0.25, -0.2) is 4.98 Å². The van der Waals surface area contributed by atoms with Gasteiger partial charge in [0.1, 0.15) is 5.01 Å². The summed E-state index contributed by atoms with van der Waals surface area (Å²) in [5.74, 6) is 0. The Balaban J connectivity index is 2.06. The second-order valence-corrected chi connectivity index (χ2v) is 6.16. The van der Waals surface area contributed by atoms with Crippen LogP contribution in [0.2, 0.25) is 0 Å². The van der Waals surface area contributed by atoms with E-state index >= 15 is 0 Å². The maximum absolute atomic E-state index is 5.58. The molecule has 0 N–H and O–H groups in total. The predicted octanol–water partition coefficient (Wildman–Crippen LogP) is 3.80. The molecule has 0 amide bonds. The Morgan fingerprint density at radius 1 is 1.21 bits per heavy atom. The van der Waals surface area contributed by atoms with Gasteiger partial charge in [0, 0.05) is 24.3 Å². The van der Waals surface area contributed by atoms with Gasteiger partial charge in [-0.15, -0.1) is 11.3 Å². The summed E-state index contributed by atoms with van der Waals surface area (Å²) < 4.78 is 5.58. The Morgan fingerprint density at radius 3 is 2.58 bits per heavy atom. The van der Waals surface area contributed by atoms with E-state index in [4.69, 9.17) is 9.72 Å². The molecule has 3 rings (SSSR count). The number of rotatable bonds is 3. The lowest BCUT2D eigenvalue weighted by Gasteiger charge is -2.36. The van der Waals surface area contributed by atoms with Gasteiger partial charge in [0.25, 0.3) is 0 Å². The van der Waals surface area contributed by atoms with Crippen molar-refractivity contribution in [3.63, 3.8) is 0 Å². The van der Waals surface area contributed by atoms with Crippen LogP contribution in [0.1, 0.15) is 35.2 Å². The molecule has 0 spiro atoms. The van der Waals surface area contributed by atoms with Crippen molar-refractivity contribution in [2.75, 3.05) is 13.2 Å². The first-order valence-corrected chi connectivity index (χ1v) is 7.75. The van der Waals surface area contributed by atoms with E-state index in [0.29, 0.717) is 0 Å². The van der Waals surface area contributed by atoms with E-state index in [0.717, 1.165) is 32.5 Å². The van der Waals surface area contributed by atoms with Gasteiger partial charge in [0.15, 0.2) is 0 Å². The molecule has 1 fully saturated rings. The highest BCUT2D eigenvalue weighted by Crippen LogP contribution is 2.42. The van der Waals surface area contributed by atoms with Gasteiger partial charge in [0.2, 0.25) is 0 Å². The van der Waals surface area contributed by atoms with Crippen molar-refractivity contribution in [1.82, 2.24) is 4.98 Å². The minimum atomic E-state index is 0.0671. The number of ether oxygens (including phenoxy) is 1. The molecular formula is C16H19NOS. The second kappa shape index (κ2) is 5.43. The summed E-state index contributed by atoms with van der Waals surface area (Å²) in [7, 11) is 0. The van der Waals surface area contributed by atoms with Crippen LogP contribution in [0.15, 0.2) is 36.5 Å². The zero-order valence-corrected chi connectivity index (χ0v) is 12.1. The standard InChI is InChI=1S/C16H19NOS/c1-2-14-12-17-15(19-14)16(8-10-18-11-9-16)13-6-4-3-5-7-13/h3-7,12H,2,8-11H2,1H3. The van der Waals surface area contributed by atoms with Gasteiger partial charge in [-0.1, -0.05) is 37.3 Å². The Kier molecular flexibility index (Phi) is 3.67. The summed E-state index contributed by atoms with van der Waals surface area (Å²) >= 11 is 1.87. The highest BCUT2D eigenvalue weighted by molar-refractivity contribution is 7.11. The highest BCUT2D eigenvalue weighted by atomic mass is 32.1. The van der Waals surface area contributed by atoms with Gasteiger partial charge in [-0.3, -0.25) is 0 Å². The summed E-state index contributed by atoms with van der Waals surface area (Å²) in [6.45, 7) is 3.85. The van der Waals surface area contributed by atoms with E-state index in [9.17, 15) is 0 Å².